The van der Waals surface area contributed by atoms with Crippen LogP contribution in [0.4, 0.5) is 4.39 Å². The second-order valence-electron chi connectivity index (χ2n) is 7.41. The number of H-pyrrole nitrogens is 1. The van der Waals surface area contributed by atoms with Gasteiger partial charge in [-0.2, -0.15) is 0 Å². The van der Waals surface area contributed by atoms with Crippen LogP contribution >= 0.6 is 23.5 Å². The van der Waals surface area contributed by atoms with E-state index in [1.807, 2.05) is 12.1 Å². The van der Waals surface area contributed by atoms with Crippen molar-refractivity contribution in [3.63, 3.8) is 0 Å². The number of fused-ring (bicyclic) bond motifs is 1. The number of carboxylic acid groups (broad SMARTS) is 1. The molecule has 0 spiro atoms. The molecule has 0 aliphatic heterocycles. The number of hydrogen-bond acceptors (Lipinski definition) is 3. The van der Waals surface area contributed by atoms with Crippen LogP contribution in [0.15, 0.2) is 41.3 Å². The molecule has 4 nitrogen and oxygen atoms in total. The minimum Gasteiger partial charge on any atom is -0.481 e. The van der Waals surface area contributed by atoms with Crippen LogP contribution in [0.5, 0.6) is 0 Å². The van der Waals surface area contributed by atoms with Gasteiger partial charge in [-0.15, -0.1) is 0 Å². The van der Waals surface area contributed by atoms with Crippen LogP contribution in [0.25, 0.3) is 22.2 Å². The highest BCUT2D eigenvalue weighted by atomic mass is 35.5. The first-order valence-corrected chi connectivity index (χ1v) is 11.0. The highest BCUT2D eigenvalue weighted by Crippen LogP contribution is 2.36. The van der Waals surface area contributed by atoms with E-state index in [0.717, 1.165) is 23.3 Å². The van der Waals surface area contributed by atoms with Crippen LogP contribution in [0.2, 0.25) is 5.02 Å². The van der Waals surface area contributed by atoms with Gasteiger partial charge in [-0.1, -0.05) is 43.0 Å². The van der Waals surface area contributed by atoms with Crippen molar-refractivity contribution in [1.82, 2.24) is 9.71 Å². The third kappa shape index (κ3) is 4.44. The zero-order valence-corrected chi connectivity index (χ0v) is 17.4. The molecule has 29 heavy (non-hydrogen) atoms. The van der Waals surface area contributed by atoms with E-state index in [1.54, 1.807) is 18.2 Å². The van der Waals surface area contributed by atoms with Crippen molar-refractivity contribution in [2.45, 2.75) is 49.5 Å². The predicted molar refractivity (Wildman–Crippen MR) is 116 cm³/mol. The predicted octanol–water partition coefficient (Wildman–Crippen LogP) is 6.18. The van der Waals surface area contributed by atoms with Crippen LogP contribution in [0.3, 0.4) is 0 Å². The summed E-state index contributed by atoms with van der Waals surface area (Å²) in [6, 6.07) is 10.7. The Kier molecular flexibility index (Phi) is 6.13. The molecule has 0 bridgehead atoms. The maximum Gasteiger partial charge on any atom is 0.307 e. The zero-order valence-electron chi connectivity index (χ0n) is 15.8. The van der Waals surface area contributed by atoms with E-state index >= 15 is 0 Å². The molecule has 1 saturated carbocycles. The first-order valence-electron chi connectivity index (χ1n) is 9.76. The molecule has 4 rings (SSSR count). The fourth-order valence-corrected chi connectivity index (χ4v) is 5.06. The molecule has 1 aliphatic carbocycles. The average molecular weight is 433 g/mol. The smallest absolute Gasteiger partial charge is 0.307 e. The largest absolute Gasteiger partial charge is 0.481 e. The Morgan fingerprint density at radius 1 is 1.24 bits per heavy atom. The number of benzene rings is 2. The van der Waals surface area contributed by atoms with Crippen molar-refractivity contribution in [2.75, 3.05) is 0 Å². The van der Waals surface area contributed by atoms with Gasteiger partial charge in [0.05, 0.1) is 17.1 Å². The summed E-state index contributed by atoms with van der Waals surface area (Å²) in [4.78, 5) is 15.5. The van der Waals surface area contributed by atoms with Gasteiger partial charge in [-0.3, -0.25) is 9.52 Å². The molecule has 1 aliphatic rings. The summed E-state index contributed by atoms with van der Waals surface area (Å²) in [6.45, 7) is 0. The molecule has 0 amide bonds. The maximum atomic E-state index is 14.4. The van der Waals surface area contributed by atoms with E-state index in [9.17, 15) is 14.3 Å². The molecule has 1 aromatic heterocycles. The molecule has 3 aromatic rings. The Balaban J connectivity index is 1.70. The van der Waals surface area contributed by atoms with Gasteiger partial charge in [0.2, 0.25) is 0 Å². The lowest BCUT2D eigenvalue weighted by atomic mass is 9.96. The number of aromatic amines is 1. The van der Waals surface area contributed by atoms with Gasteiger partial charge in [-0.25, -0.2) is 4.39 Å². The monoisotopic (exact) mass is 432 g/mol. The Morgan fingerprint density at radius 3 is 2.79 bits per heavy atom. The molecule has 152 valence electrons. The molecule has 1 fully saturated rings. The summed E-state index contributed by atoms with van der Waals surface area (Å²) in [5, 5.41) is 10.3. The zero-order chi connectivity index (χ0) is 20.4. The van der Waals surface area contributed by atoms with Crippen molar-refractivity contribution >= 4 is 40.4 Å². The summed E-state index contributed by atoms with van der Waals surface area (Å²) < 4.78 is 18.0. The van der Waals surface area contributed by atoms with Gasteiger partial charge in [0.15, 0.2) is 0 Å². The second-order valence-corrected chi connectivity index (χ2v) is 8.70. The van der Waals surface area contributed by atoms with E-state index in [1.165, 1.54) is 37.3 Å². The van der Waals surface area contributed by atoms with E-state index in [4.69, 9.17) is 11.6 Å². The number of nitrogens with one attached hydrogen (secondary N) is 2. The van der Waals surface area contributed by atoms with Gasteiger partial charge in [0.25, 0.3) is 0 Å². The van der Waals surface area contributed by atoms with Gasteiger partial charge >= 0.3 is 5.97 Å². The number of hydrogen-bond donors (Lipinski definition) is 3. The Hall–Kier alpha value is -2.02. The maximum absolute atomic E-state index is 14.4. The van der Waals surface area contributed by atoms with Crippen molar-refractivity contribution in [3.05, 3.63) is 52.8 Å². The minimum absolute atomic E-state index is 0.262. The van der Waals surface area contributed by atoms with Gasteiger partial charge < -0.3 is 10.1 Å². The van der Waals surface area contributed by atoms with E-state index in [2.05, 4.69) is 9.71 Å². The molecule has 0 saturated heterocycles. The van der Waals surface area contributed by atoms with Crippen molar-refractivity contribution in [1.29, 1.82) is 0 Å². The van der Waals surface area contributed by atoms with Crippen molar-refractivity contribution < 1.29 is 14.3 Å². The lowest BCUT2D eigenvalue weighted by Gasteiger charge is -2.22. The lowest BCUT2D eigenvalue weighted by Crippen LogP contribution is -2.25. The standard InChI is InChI=1S/C22H22ClFN2O2S/c23-16-10-9-13(11-19(16)29-26-14-5-2-1-3-6-14)22-15(12-20(27)28)21-17(24)7-4-8-18(21)25-22/h4,7-11,14,25-26H,1-3,5-6,12H2,(H,27,28). The Morgan fingerprint density at radius 2 is 2.03 bits per heavy atom. The second kappa shape index (κ2) is 8.78. The van der Waals surface area contributed by atoms with Crippen LogP contribution < -0.4 is 4.72 Å². The topological polar surface area (TPSA) is 65.1 Å². The number of aromatic nitrogens is 1. The average Bonchev–Trinajstić information content (AvgIpc) is 3.07. The quantitative estimate of drug-likeness (QED) is 0.406. The molecular formula is C22H22ClFN2O2S. The van der Waals surface area contributed by atoms with E-state index in [-0.39, 0.29) is 6.42 Å². The first-order chi connectivity index (χ1) is 14.0. The van der Waals surface area contributed by atoms with E-state index < -0.39 is 11.8 Å². The molecule has 3 N–H and O–H groups in total. The first kappa shape index (κ1) is 20.3. The number of rotatable bonds is 6. The fourth-order valence-electron chi connectivity index (χ4n) is 3.95. The SMILES string of the molecule is O=C(O)Cc1c(-c2ccc(Cl)c(SNC3CCCCC3)c2)[nH]c2cccc(F)c12. The third-order valence-electron chi connectivity index (χ3n) is 5.37. The van der Waals surface area contributed by atoms with E-state index in [0.29, 0.717) is 33.2 Å². The highest BCUT2D eigenvalue weighted by molar-refractivity contribution is 7.97. The van der Waals surface area contributed by atoms with Crippen molar-refractivity contribution in [2.24, 2.45) is 0 Å². The minimum atomic E-state index is -1.00. The Bertz CT molecular complexity index is 1050. The molecule has 1 heterocycles. The van der Waals surface area contributed by atoms with Crippen LogP contribution in [-0.4, -0.2) is 22.1 Å². The van der Waals surface area contributed by atoms with Crippen LogP contribution in [-0.2, 0) is 11.2 Å². The highest BCUT2D eigenvalue weighted by Gasteiger charge is 2.20. The van der Waals surface area contributed by atoms with Gasteiger partial charge in [-0.05, 0) is 60.2 Å². The number of halogens is 2. The summed E-state index contributed by atoms with van der Waals surface area (Å²) in [6.07, 6.45) is 5.84. The number of carbonyl (C=O) groups is 1. The summed E-state index contributed by atoms with van der Waals surface area (Å²) in [7, 11) is 0. The lowest BCUT2D eigenvalue weighted by molar-refractivity contribution is -0.136. The normalized spacial score (nSPS) is 15.1. The van der Waals surface area contributed by atoms with Gasteiger partial charge in [0, 0.05) is 21.8 Å². The third-order valence-corrected chi connectivity index (χ3v) is 6.82. The molecule has 0 radical (unpaired) electrons. The van der Waals surface area contributed by atoms with Crippen molar-refractivity contribution in [3.8, 4) is 11.3 Å². The molecule has 0 unspecified atom stereocenters. The summed E-state index contributed by atoms with van der Waals surface area (Å²) >= 11 is 7.91. The molecular weight excluding hydrogens is 411 g/mol. The molecule has 7 heteroatoms. The fraction of sp³-hybridized carbons (Fsp3) is 0.318. The summed E-state index contributed by atoms with van der Waals surface area (Å²) in [5.74, 6) is -1.43. The number of aliphatic carboxylic acids is 1. The number of carboxylic acids is 1. The molecule has 2 aromatic carbocycles. The summed E-state index contributed by atoms with van der Waals surface area (Å²) in [5.41, 5.74) is 2.43. The molecule has 0 atom stereocenters. The van der Waals surface area contributed by atoms with Gasteiger partial charge in [0.1, 0.15) is 5.82 Å². The van der Waals surface area contributed by atoms with Crippen LogP contribution in [0.1, 0.15) is 37.7 Å². The van der Waals surface area contributed by atoms with Crippen LogP contribution in [0, 0.1) is 5.82 Å². The Labute approximate surface area is 178 Å².